The number of thiol groups is 1. The molecule has 3 aromatic heterocycles. The van der Waals surface area contributed by atoms with Gasteiger partial charge in [0.2, 0.25) is 11.8 Å². The molecule has 0 saturated carbocycles. The molecule has 0 radical (unpaired) electrons. The van der Waals surface area contributed by atoms with Crippen molar-refractivity contribution >= 4 is 35.2 Å². The van der Waals surface area contributed by atoms with Crippen molar-refractivity contribution in [3.63, 3.8) is 0 Å². The minimum atomic E-state index is -0.748. The summed E-state index contributed by atoms with van der Waals surface area (Å²) in [6, 6.07) is 23.0. The standard InChI is InChI=1S/C31H29N7O2S/c1-4-31(2,37-28-21(17-32)18-35-30(33)36-28)27(41)24-15-20-9-8-12-23(19-13-14-34-25(16-19)40-3)26(20)29(39)38(24)22-10-6-5-7-11-22/h5-16,18,27,41H,4H2,1-3H3,(H3,33,35,36,37). The number of nitriles is 1. The number of hydrogen-bond donors (Lipinski definition) is 3. The Morgan fingerprint density at radius 1 is 1.15 bits per heavy atom. The van der Waals surface area contributed by atoms with E-state index in [1.807, 2.05) is 80.6 Å². The van der Waals surface area contributed by atoms with E-state index in [4.69, 9.17) is 23.1 Å². The lowest BCUT2D eigenvalue weighted by atomic mass is 9.89. The maximum Gasteiger partial charge on any atom is 0.263 e. The van der Waals surface area contributed by atoms with Crippen LogP contribution in [0.3, 0.4) is 0 Å². The van der Waals surface area contributed by atoms with Crippen molar-refractivity contribution in [2.75, 3.05) is 18.2 Å². The highest BCUT2D eigenvalue weighted by atomic mass is 32.1. The SMILES string of the molecule is CCC(C)(Nc1nc(N)ncc1C#N)C(S)c1cc2cccc(-c3ccnc(OC)c3)c2c(=O)n1-c1ccccc1. The number of rotatable bonds is 8. The van der Waals surface area contributed by atoms with Gasteiger partial charge in [-0.05, 0) is 54.1 Å². The number of pyridine rings is 2. The first kappa shape index (κ1) is 27.7. The summed E-state index contributed by atoms with van der Waals surface area (Å²) in [7, 11) is 1.56. The summed E-state index contributed by atoms with van der Waals surface area (Å²) in [5.41, 5.74) is 8.15. The third kappa shape index (κ3) is 5.19. The van der Waals surface area contributed by atoms with E-state index in [-0.39, 0.29) is 17.1 Å². The molecule has 2 atom stereocenters. The lowest BCUT2D eigenvalue weighted by molar-refractivity contribution is 0.398. The molecular formula is C31H29N7O2S. The number of benzene rings is 2. The zero-order chi connectivity index (χ0) is 29.1. The van der Waals surface area contributed by atoms with Crippen LogP contribution in [0.5, 0.6) is 5.88 Å². The van der Waals surface area contributed by atoms with Crippen LogP contribution in [0.1, 0.15) is 36.8 Å². The number of para-hydroxylation sites is 1. The summed E-state index contributed by atoms with van der Waals surface area (Å²) in [6.07, 6.45) is 3.64. The molecule has 3 N–H and O–H groups in total. The van der Waals surface area contributed by atoms with Crippen molar-refractivity contribution in [2.24, 2.45) is 0 Å². The summed E-state index contributed by atoms with van der Waals surface area (Å²) >= 11 is 5.11. The van der Waals surface area contributed by atoms with Crippen LogP contribution in [0, 0.1) is 11.3 Å². The van der Waals surface area contributed by atoms with Crippen molar-refractivity contribution in [2.45, 2.75) is 31.1 Å². The largest absolute Gasteiger partial charge is 0.481 e. The number of aromatic nitrogens is 4. The highest BCUT2D eigenvalue weighted by Gasteiger charge is 2.35. The lowest BCUT2D eigenvalue weighted by Gasteiger charge is -2.37. The second-order valence-corrected chi connectivity index (χ2v) is 10.3. The molecule has 41 heavy (non-hydrogen) atoms. The number of nitrogens with zero attached hydrogens (tertiary/aromatic N) is 5. The van der Waals surface area contributed by atoms with Crippen LogP contribution in [-0.4, -0.2) is 32.2 Å². The number of anilines is 2. The Bertz CT molecular complexity index is 1840. The van der Waals surface area contributed by atoms with Crippen molar-refractivity contribution in [3.05, 3.63) is 101 Å². The number of ether oxygens (including phenoxy) is 1. The van der Waals surface area contributed by atoms with E-state index in [2.05, 4.69) is 26.3 Å². The number of methoxy groups -OCH3 is 1. The van der Waals surface area contributed by atoms with Crippen molar-refractivity contribution in [1.82, 2.24) is 19.5 Å². The molecule has 3 heterocycles. The van der Waals surface area contributed by atoms with Crippen LogP contribution in [0.2, 0.25) is 0 Å². The Labute approximate surface area is 243 Å². The van der Waals surface area contributed by atoms with Gasteiger partial charge in [0.1, 0.15) is 17.5 Å². The molecule has 0 spiro atoms. The molecule has 0 bridgehead atoms. The van der Waals surface area contributed by atoms with Crippen LogP contribution in [0.25, 0.3) is 27.6 Å². The maximum absolute atomic E-state index is 14.5. The van der Waals surface area contributed by atoms with Gasteiger partial charge < -0.3 is 15.8 Å². The molecule has 0 fully saturated rings. The number of hydrogen-bond acceptors (Lipinski definition) is 9. The van der Waals surface area contributed by atoms with Crippen LogP contribution in [0.4, 0.5) is 11.8 Å². The van der Waals surface area contributed by atoms with Crippen molar-refractivity contribution < 1.29 is 4.74 Å². The lowest BCUT2D eigenvalue weighted by Crippen LogP contribution is -2.41. The zero-order valence-corrected chi connectivity index (χ0v) is 23.8. The summed E-state index contributed by atoms with van der Waals surface area (Å²) in [5, 5.41) is 13.9. The third-order valence-electron chi connectivity index (χ3n) is 7.29. The van der Waals surface area contributed by atoms with Gasteiger partial charge in [-0.1, -0.05) is 43.3 Å². The average molecular weight is 564 g/mol. The quantitative estimate of drug-likeness (QED) is 0.209. The Kier molecular flexibility index (Phi) is 7.64. The van der Waals surface area contributed by atoms with Gasteiger partial charge in [-0.3, -0.25) is 9.36 Å². The van der Waals surface area contributed by atoms with Crippen molar-refractivity contribution in [1.29, 1.82) is 5.26 Å². The first-order chi connectivity index (χ1) is 19.8. The van der Waals surface area contributed by atoms with Gasteiger partial charge in [0, 0.05) is 23.6 Å². The first-order valence-corrected chi connectivity index (χ1v) is 13.5. The minimum absolute atomic E-state index is 0.0489. The molecule has 5 rings (SSSR count). The molecular weight excluding hydrogens is 534 g/mol. The maximum atomic E-state index is 14.5. The van der Waals surface area contributed by atoms with E-state index in [0.29, 0.717) is 34.9 Å². The second kappa shape index (κ2) is 11.3. The van der Waals surface area contributed by atoms with Crippen LogP contribution >= 0.6 is 12.6 Å². The summed E-state index contributed by atoms with van der Waals surface area (Å²) in [6.45, 7) is 3.99. The van der Waals surface area contributed by atoms with Gasteiger partial charge in [0.25, 0.3) is 5.56 Å². The molecule has 0 aliphatic carbocycles. The van der Waals surface area contributed by atoms with Crippen LogP contribution in [0.15, 0.2) is 83.9 Å². The smallest absolute Gasteiger partial charge is 0.263 e. The van der Waals surface area contributed by atoms with Crippen molar-refractivity contribution in [3.8, 4) is 28.8 Å². The van der Waals surface area contributed by atoms with Gasteiger partial charge in [0.05, 0.1) is 29.5 Å². The average Bonchev–Trinajstić information content (AvgIpc) is 3.00. The molecule has 206 valence electrons. The Morgan fingerprint density at radius 2 is 1.93 bits per heavy atom. The van der Waals surface area contributed by atoms with Gasteiger partial charge >= 0.3 is 0 Å². The van der Waals surface area contributed by atoms with E-state index in [0.717, 1.165) is 16.5 Å². The van der Waals surface area contributed by atoms with E-state index in [1.54, 1.807) is 17.9 Å². The van der Waals surface area contributed by atoms with Gasteiger partial charge in [-0.2, -0.15) is 22.9 Å². The van der Waals surface area contributed by atoms with E-state index in [1.165, 1.54) is 6.20 Å². The Hall–Kier alpha value is -4.88. The molecule has 9 nitrogen and oxygen atoms in total. The predicted octanol–water partition coefficient (Wildman–Crippen LogP) is 5.56. The summed E-state index contributed by atoms with van der Waals surface area (Å²) < 4.78 is 7.04. The highest BCUT2D eigenvalue weighted by molar-refractivity contribution is 7.80. The van der Waals surface area contributed by atoms with E-state index in [9.17, 15) is 10.1 Å². The Morgan fingerprint density at radius 3 is 2.63 bits per heavy atom. The highest BCUT2D eigenvalue weighted by Crippen LogP contribution is 2.39. The number of nitrogens with one attached hydrogen (secondary N) is 1. The van der Waals surface area contributed by atoms with E-state index >= 15 is 0 Å². The molecule has 0 aliphatic rings. The molecule has 0 saturated heterocycles. The molecule has 0 aliphatic heterocycles. The fourth-order valence-electron chi connectivity index (χ4n) is 4.88. The topological polar surface area (TPSA) is 132 Å². The fraction of sp³-hybridized carbons (Fsp3) is 0.194. The fourth-order valence-corrected chi connectivity index (χ4v) is 5.31. The monoisotopic (exact) mass is 563 g/mol. The third-order valence-corrected chi connectivity index (χ3v) is 8.13. The van der Waals surface area contributed by atoms with Gasteiger partial charge in [-0.25, -0.2) is 9.97 Å². The number of nitrogens with two attached hydrogens (primary N) is 1. The normalized spacial score (nSPS) is 13.2. The molecule has 2 aromatic carbocycles. The van der Waals surface area contributed by atoms with Gasteiger partial charge in [0.15, 0.2) is 0 Å². The number of nitrogen functional groups attached to an aromatic ring is 1. The number of fused-ring (bicyclic) bond motifs is 1. The summed E-state index contributed by atoms with van der Waals surface area (Å²) in [4.78, 5) is 26.9. The first-order valence-electron chi connectivity index (χ1n) is 13.0. The minimum Gasteiger partial charge on any atom is -0.481 e. The summed E-state index contributed by atoms with van der Waals surface area (Å²) in [5.74, 6) is 0.821. The van der Waals surface area contributed by atoms with Gasteiger partial charge in [-0.15, -0.1) is 0 Å². The zero-order valence-electron chi connectivity index (χ0n) is 22.9. The Balaban J connectivity index is 1.75. The van der Waals surface area contributed by atoms with Crippen LogP contribution in [-0.2, 0) is 0 Å². The predicted molar refractivity (Wildman–Crippen MR) is 165 cm³/mol. The molecule has 0 amide bonds. The van der Waals surface area contributed by atoms with Crippen LogP contribution < -0.4 is 21.3 Å². The molecule has 5 aromatic rings. The van der Waals surface area contributed by atoms with E-state index < -0.39 is 10.8 Å². The molecule has 10 heteroatoms. The second-order valence-electron chi connectivity index (χ2n) is 9.80. The molecule has 2 unspecified atom stereocenters.